The molecule has 2 heterocycles. The summed E-state index contributed by atoms with van der Waals surface area (Å²) >= 11 is 0. The van der Waals surface area contributed by atoms with Crippen molar-refractivity contribution < 1.29 is 19.4 Å². The van der Waals surface area contributed by atoms with Crippen LogP contribution in [-0.4, -0.2) is 65.3 Å². The monoisotopic (exact) mass is 281 g/mol. The van der Waals surface area contributed by atoms with E-state index in [4.69, 9.17) is 10.00 Å². The molecule has 2 rings (SSSR count). The number of likely N-dealkylation sites (tertiary alicyclic amines) is 1. The van der Waals surface area contributed by atoms with Crippen LogP contribution in [0.3, 0.4) is 0 Å². The Hall–Kier alpha value is -1.81. The normalized spacial score (nSPS) is 30.7. The molecule has 0 aliphatic carbocycles. The van der Waals surface area contributed by atoms with Crippen molar-refractivity contribution >= 4 is 12.0 Å². The number of amides is 2. The lowest BCUT2D eigenvalue weighted by Gasteiger charge is -2.40. The summed E-state index contributed by atoms with van der Waals surface area (Å²) in [7, 11) is 0. The van der Waals surface area contributed by atoms with Crippen molar-refractivity contribution in [2.24, 2.45) is 5.92 Å². The van der Waals surface area contributed by atoms with E-state index in [1.54, 1.807) is 0 Å². The van der Waals surface area contributed by atoms with Crippen LogP contribution in [0.4, 0.5) is 4.79 Å². The summed E-state index contributed by atoms with van der Waals surface area (Å²) in [6.07, 6.45) is 0.661. The molecular formula is C13H19N3O4. The van der Waals surface area contributed by atoms with Crippen molar-refractivity contribution in [3.63, 3.8) is 0 Å². The summed E-state index contributed by atoms with van der Waals surface area (Å²) < 4.78 is 5.20. The van der Waals surface area contributed by atoms with E-state index in [0.29, 0.717) is 32.0 Å². The van der Waals surface area contributed by atoms with Gasteiger partial charge in [0.2, 0.25) is 0 Å². The molecule has 7 heteroatoms. The number of urea groups is 1. The molecule has 0 aromatic heterocycles. The fourth-order valence-corrected chi connectivity index (χ4v) is 2.69. The Labute approximate surface area is 117 Å². The third kappa shape index (κ3) is 3.02. The highest BCUT2D eigenvalue weighted by Gasteiger charge is 2.38. The summed E-state index contributed by atoms with van der Waals surface area (Å²) in [4.78, 5) is 26.7. The van der Waals surface area contributed by atoms with Gasteiger partial charge < -0.3 is 19.6 Å². The third-order valence-corrected chi connectivity index (χ3v) is 3.88. The Kier molecular flexibility index (Phi) is 4.45. The molecule has 2 fully saturated rings. The first-order valence-corrected chi connectivity index (χ1v) is 6.82. The number of carbonyl (C=O) groups excluding carboxylic acids is 1. The number of morpholine rings is 1. The van der Waals surface area contributed by atoms with Gasteiger partial charge in [0.05, 0.1) is 19.2 Å². The highest BCUT2D eigenvalue weighted by atomic mass is 16.5. The van der Waals surface area contributed by atoms with Crippen molar-refractivity contribution in [2.75, 3.05) is 26.2 Å². The van der Waals surface area contributed by atoms with E-state index in [2.05, 4.69) is 0 Å². The molecule has 0 bridgehead atoms. The van der Waals surface area contributed by atoms with E-state index >= 15 is 0 Å². The number of ether oxygens (including phenoxy) is 1. The van der Waals surface area contributed by atoms with Crippen LogP contribution in [0, 0.1) is 17.2 Å². The van der Waals surface area contributed by atoms with E-state index in [1.807, 2.05) is 13.0 Å². The number of piperidine rings is 1. The smallest absolute Gasteiger partial charge is 0.326 e. The molecule has 110 valence electrons. The van der Waals surface area contributed by atoms with Gasteiger partial charge in [-0.2, -0.15) is 5.26 Å². The first kappa shape index (κ1) is 14.6. The lowest BCUT2D eigenvalue weighted by molar-refractivity contribution is -0.144. The van der Waals surface area contributed by atoms with Crippen LogP contribution in [0.2, 0.25) is 0 Å². The molecule has 3 atom stereocenters. The molecule has 0 radical (unpaired) electrons. The van der Waals surface area contributed by atoms with Gasteiger partial charge in [-0.1, -0.05) is 6.92 Å². The Morgan fingerprint density at radius 2 is 2.15 bits per heavy atom. The molecule has 0 saturated carbocycles. The van der Waals surface area contributed by atoms with Crippen LogP contribution in [0.15, 0.2) is 0 Å². The molecule has 2 saturated heterocycles. The van der Waals surface area contributed by atoms with Gasteiger partial charge in [0.25, 0.3) is 0 Å². The molecule has 0 spiro atoms. The molecule has 2 amide bonds. The fraction of sp³-hybridized carbons (Fsp3) is 0.769. The zero-order chi connectivity index (χ0) is 14.7. The second-order valence-electron chi connectivity index (χ2n) is 5.39. The third-order valence-electron chi connectivity index (χ3n) is 3.88. The number of carbonyl (C=O) groups is 2. The number of hydrogen-bond acceptors (Lipinski definition) is 4. The van der Waals surface area contributed by atoms with Crippen molar-refractivity contribution in [3.8, 4) is 6.07 Å². The van der Waals surface area contributed by atoms with Crippen LogP contribution in [0.1, 0.15) is 19.8 Å². The largest absolute Gasteiger partial charge is 0.480 e. The number of hydrogen-bond donors (Lipinski definition) is 1. The van der Waals surface area contributed by atoms with Crippen molar-refractivity contribution in [1.29, 1.82) is 5.26 Å². The molecule has 1 N–H and O–H groups in total. The summed E-state index contributed by atoms with van der Waals surface area (Å²) in [5.74, 6) is -0.660. The summed E-state index contributed by atoms with van der Waals surface area (Å²) in [6, 6.07) is 0.915. The van der Waals surface area contributed by atoms with Gasteiger partial charge in [-0.25, -0.2) is 9.59 Å². The zero-order valence-corrected chi connectivity index (χ0v) is 11.5. The van der Waals surface area contributed by atoms with E-state index in [0.717, 1.165) is 6.42 Å². The van der Waals surface area contributed by atoms with Crippen LogP contribution in [-0.2, 0) is 9.53 Å². The predicted molar refractivity (Wildman–Crippen MR) is 68.8 cm³/mol. The van der Waals surface area contributed by atoms with E-state index in [-0.39, 0.29) is 12.6 Å². The number of carboxylic acids is 1. The summed E-state index contributed by atoms with van der Waals surface area (Å²) in [6.45, 7) is 3.36. The molecule has 0 aromatic rings. The van der Waals surface area contributed by atoms with Crippen LogP contribution >= 0.6 is 0 Å². The standard InChI is InChI=1S/C13H19N3O4/c1-9-2-3-16(11(6-9)12(17)18)13(19)15-4-5-20-10(7-14)8-15/h9-11H,2-6,8H2,1H3,(H,17,18). The minimum atomic E-state index is -0.963. The van der Waals surface area contributed by atoms with E-state index in [1.165, 1.54) is 9.80 Å². The average molecular weight is 281 g/mol. The van der Waals surface area contributed by atoms with Gasteiger partial charge in [0.15, 0.2) is 6.10 Å². The number of nitriles is 1. The summed E-state index contributed by atoms with van der Waals surface area (Å²) in [5, 5.41) is 18.1. The zero-order valence-electron chi connectivity index (χ0n) is 11.5. The van der Waals surface area contributed by atoms with Gasteiger partial charge >= 0.3 is 12.0 Å². The Bertz CT molecular complexity index is 434. The van der Waals surface area contributed by atoms with Gasteiger partial charge in [0.1, 0.15) is 6.04 Å². The van der Waals surface area contributed by atoms with Crippen LogP contribution in [0.25, 0.3) is 0 Å². The number of rotatable bonds is 1. The van der Waals surface area contributed by atoms with Crippen molar-refractivity contribution in [1.82, 2.24) is 9.80 Å². The average Bonchev–Trinajstić information content (AvgIpc) is 2.46. The van der Waals surface area contributed by atoms with Crippen LogP contribution in [0.5, 0.6) is 0 Å². The number of carboxylic acid groups (broad SMARTS) is 1. The molecule has 2 aliphatic rings. The lowest BCUT2D eigenvalue weighted by Crippen LogP contribution is -2.57. The van der Waals surface area contributed by atoms with Gasteiger partial charge in [-0.3, -0.25) is 0 Å². The van der Waals surface area contributed by atoms with Gasteiger partial charge in [-0.15, -0.1) is 0 Å². The molecule has 3 unspecified atom stereocenters. The molecule has 20 heavy (non-hydrogen) atoms. The first-order chi connectivity index (χ1) is 9.52. The van der Waals surface area contributed by atoms with Crippen LogP contribution < -0.4 is 0 Å². The maximum atomic E-state index is 12.5. The Balaban J connectivity index is 2.06. The van der Waals surface area contributed by atoms with Gasteiger partial charge in [0, 0.05) is 13.1 Å². The number of aliphatic carboxylic acids is 1. The second kappa shape index (κ2) is 6.09. The first-order valence-electron chi connectivity index (χ1n) is 6.82. The maximum absolute atomic E-state index is 12.5. The lowest BCUT2D eigenvalue weighted by atomic mass is 9.92. The topological polar surface area (TPSA) is 93.9 Å². The molecule has 0 aromatic carbocycles. The van der Waals surface area contributed by atoms with Crippen molar-refractivity contribution in [3.05, 3.63) is 0 Å². The molecular weight excluding hydrogens is 262 g/mol. The second-order valence-corrected chi connectivity index (χ2v) is 5.39. The maximum Gasteiger partial charge on any atom is 0.326 e. The Morgan fingerprint density at radius 1 is 1.40 bits per heavy atom. The summed E-state index contributed by atoms with van der Waals surface area (Å²) in [5.41, 5.74) is 0. The van der Waals surface area contributed by atoms with E-state index in [9.17, 15) is 14.7 Å². The quantitative estimate of drug-likeness (QED) is 0.756. The highest BCUT2D eigenvalue weighted by Crippen LogP contribution is 2.24. The number of nitrogens with zero attached hydrogens (tertiary/aromatic N) is 3. The van der Waals surface area contributed by atoms with Crippen molar-refractivity contribution in [2.45, 2.75) is 31.9 Å². The van der Waals surface area contributed by atoms with E-state index < -0.39 is 18.1 Å². The minimum Gasteiger partial charge on any atom is -0.480 e. The van der Waals surface area contributed by atoms with Gasteiger partial charge in [-0.05, 0) is 18.8 Å². The fourth-order valence-electron chi connectivity index (χ4n) is 2.69. The Morgan fingerprint density at radius 3 is 2.80 bits per heavy atom. The highest BCUT2D eigenvalue weighted by molar-refractivity contribution is 5.83. The SMILES string of the molecule is CC1CCN(C(=O)N2CCOC(C#N)C2)C(C(=O)O)C1. The molecule has 2 aliphatic heterocycles. The minimum absolute atomic E-state index is 0.202. The predicted octanol–water partition coefficient (Wildman–Crippen LogP) is 0.516. The molecule has 7 nitrogen and oxygen atoms in total.